The Morgan fingerprint density at radius 3 is 2.93 bits per heavy atom. The number of allylic oxidation sites excluding steroid dienone is 1. The second kappa shape index (κ2) is 4.65. The molecule has 3 heteroatoms. The number of rotatable bonds is 5. The van der Waals surface area contributed by atoms with Crippen LogP contribution in [0.25, 0.3) is 0 Å². The zero-order valence-electron chi connectivity index (χ0n) is 8.29. The summed E-state index contributed by atoms with van der Waals surface area (Å²) in [5.41, 5.74) is 1.30. The monoisotopic (exact) mass is 193 g/mol. The van der Waals surface area contributed by atoms with Crippen LogP contribution < -0.4 is 0 Å². The van der Waals surface area contributed by atoms with Gasteiger partial charge in [0.2, 0.25) is 0 Å². The first-order valence-corrected chi connectivity index (χ1v) is 4.71. The molecule has 1 heterocycles. The predicted octanol–water partition coefficient (Wildman–Crippen LogP) is 2.78. The van der Waals surface area contributed by atoms with E-state index in [4.69, 9.17) is 5.11 Å². The van der Waals surface area contributed by atoms with E-state index < -0.39 is 5.97 Å². The average molecular weight is 193 g/mol. The maximum Gasteiger partial charge on any atom is 0.337 e. The number of aromatic amines is 1. The molecule has 0 saturated heterocycles. The zero-order chi connectivity index (χ0) is 10.6. The first-order valence-electron chi connectivity index (χ1n) is 4.71. The fraction of sp³-hybridized carbons (Fsp3) is 0.364. The molecule has 14 heavy (non-hydrogen) atoms. The van der Waals surface area contributed by atoms with Crippen molar-refractivity contribution in [1.82, 2.24) is 4.98 Å². The largest absolute Gasteiger partial charge is 0.478 e. The standard InChI is InChI=1S/C11H15NO2/c1-3-5-8(4-2)10-6-9(7-12-10)11(13)14/h3,6-8,12H,1,4-5H2,2H3,(H,13,14)/t8-/m1/s1. The molecule has 0 bridgehead atoms. The van der Waals surface area contributed by atoms with Gasteiger partial charge in [-0.2, -0.15) is 0 Å². The van der Waals surface area contributed by atoms with Crippen molar-refractivity contribution < 1.29 is 9.90 Å². The Hall–Kier alpha value is -1.51. The normalized spacial score (nSPS) is 12.4. The van der Waals surface area contributed by atoms with Crippen LogP contribution in [0.2, 0.25) is 0 Å². The third-order valence-corrected chi connectivity index (χ3v) is 2.34. The number of hydrogen-bond donors (Lipinski definition) is 2. The molecule has 0 spiro atoms. The highest BCUT2D eigenvalue weighted by Crippen LogP contribution is 2.22. The van der Waals surface area contributed by atoms with Crippen molar-refractivity contribution in [2.24, 2.45) is 0 Å². The second-order valence-electron chi connectivity index (χ2n) is 3.28. The topological polar surface area (TPSA) is 53.1 Å². The molecule has 0 radical (unpaired) electrons. The maximum atomic E-state index is 10.6. The summed E-state index contributed by atoms with van der Waals surface area (Å²) in [4.78, 5) is 13.6. The van der Waals surface area contributed by atoms with Crippen LogP contribution in [0.3, 0.4) is 0 Å². The van der Waals surface area contributed by atoms with Gasteiger partial charge >= 0.3 is 5.97 Å². The molecular weight excluding hydrogens is 178 g/mol. The summed E-state index contributed by atoms with van der Waals surface area (Å²) in [7, 11) is 0. The summed E-state index contributed by atoms with van der Waals surface area (Å²) < 4.78 is 0. The third kappa shape index (κ3) is 2.25. The molecule has 0 aliphatic carbocycles. The van der Waals surface area contributed by atoms with Crippen molar-refractivity contribution in [3.8, 4) is 0 Å². The Morgan fingerprint density at radius 1 is 1.79 bits per heavy atom. The van der Waals surface area contributed by atoms with E-state index in [9.17, 15) is 4.79 Å². The van der Waals surface area contributed by atoms with Crippen LogP contribution in [0.4, 0.5) is 0 Å². The van der Waals surface area contributed by atoms with Crippen molar-refractivity contribution in [2.75, 3.05) is 0 Å². The minimum Gasteiger partial charge on any atom is -0.478 e. The van der Waals surface area contributed by atoms with E-state index in [2.05, 4.69) is 18.5 Å². The van der Waals surface area contributed by atoms with Gasteiger partial charge in [0.15, 0.2) is 0 Å². The molecule has 76 valence electrons. The molecule has 1 rings (SSSR count). The summed E-state index contributed by atoms with van der Waals surface area (Å²) in [6, 6.07) is 1.69. The van der Waals surface area contributed by atoms with Gasteiger partial charge in [0.1, 0.15) is 0 Å². The lowest BCUT2D eigenvalue weighted by Gasteiger charge is -2.09. The molecular formula is C11H15NO2. The summed E-state index contributed by atoms with van der Waals surface area (Å²) in [5, 5.41) is 8.74. The van der Waals surface area contributed by atoms with E-state index in [1.54, 1.807) is 6.07 Å². The Bertz CT molecular complexity index is 328. The van der Waals surface area contributed by atoms with E-state index in [0.29, 0.717) is 11.5 Å². The van der Waals surface area contributed by atoms with Gasteiger partial charge in [-0.1, -0.05) is 13.0 Å². The second-order valence-corrected chi connectivity index (χ2v) is 3.28. The summed E-state index contributed by atoms with van der Waals surface area (Å²) >= 11 is 0. The van der Waals surface area contributed by atoms with E-state index in [0.717, 1.165) is 18.5 Å². The third-order valence-electron chi connectivity index (χ3n) is 2.34. The van der Waals surface area contributed by atoms with Gasteiger partial charge in [-0.3, -0.25) is 0 Å². The number of hydrogen-bond acceptors (Lipinski definition) is 1. The minimum absolute atomic E-state index is 0.322. The van der Waals surface area contributed by atoms with Gasteiger partial charge in [-0.05, 0) is 18.9 Å². The minimum atomic E-state index is -0.888. The molecule has 1 aromatic rings. The van der Waals surface area contributed by atoms with Crippen LogP contribution in [0.1, 0.15) is 41.7 Å². The lowest BCUT2D eigenvalue weighted by Crippen LogP contribution is -1.96. The van der Waals surface area contributed by atoms with Crippen molar-refractivity contribution in [2.45, 2.75) is 25.7 Å². The Balaban J connectivity index is 2.83. The predicted molar refractivity (Wildman–Crippen MR) is 55.6 cm³/mol. The zero-order valence-corrected chi connectivity index (χ0v) is 8.29. The lowest BCUT2D eigenvalue weighted by atomic mass is 9.98. The first-order chi connectivity index (χ1) is 6.69. The van der Waals surface area contributed by atoms with Gasteiger partial charge in [-0.25, -0.2) is 4.79 Å². The smallest absolute Gasteiger partial charge is 0.337 e. The van der Waals surface area contributed by atoms with Gasteiger partial charge in [0.25, 0.3) is 0 Å². The van der Waals surface area contributed by atoms with E-state index >= 15 is 0 Å². The Morgan fingerprint density at radius 2 is 2.50 bits per heavy atom. The molecule has 0 aliphatic rings. The molecule has 0 aromatic carbocycles. The summed E-state index contributed by atoms with van der Waals surface area (Å²) in [6.45, 7) is 5.76. The molecule has 1 aromatic heterocycles. The van der Waals surface area contributed by atoms with Crippen LogP contribution in [0.15, 0.2) is 24.9 Å². The van der Waals surface area contributed by atoms with Crippen LogP contribution in [-0.4, -0.2) is 16.1 Å². The fourth-order valence-corrected chi connectivity index (χ4v) is 1.49. The van der Waals surface area contributed by atoms with Crippen LogP contribution in [0, 0.1) is 0 Å². The number of carbonyl (C=O) groups is 1. The molecule has 1 atom stereocenters. The van der Waals surface area contributed by atoms with Crippen molar-refractivity contribution in [1.29, 1.82) is 0 Å². The Kier molecular flexibility index (Phi) is 3.51. The number of aromatic nitrogens is 1. The highest BCUT2D eigenvalue weighted by atomic mass is 16.4. The lowest BCUT2D eigenvalue weighted by molar-refractivity contribution is 0.0697. The molecule has 3 nitrogen and oxygen atoms in total. The van der Waals surface area contributed by atoms with E-state index in [1.165, 1.54) is 6.20 Å². The Labute approximate surface area is 83.5 Å². The van der Waals surface area contributed by atoms with E-state index in [1.807, 2.05) is 6.08 Å². The molecule has 0 amide bonds. The SMILES string of the molecule is C=CC[C@@H](CC)c1cc(C(=O)O)c[nH]1. The quantitative estimate of drug-likeness (QED) is 0.706. The first kappa shape index (κ1) is 10.6. The van der Waals surface area contributed by atoms with Gasteiger partial charge < -0.3 is 10.1 Å². The van der Waals surface area contributed by atoms with Crippen LogP contribution in [-0.2, 0) is 0 Å². The van der Waals surface area contributed by atoms with Gasteiger partial charge in [0.05, 0.1) is 5.56 Å². The molecule has 0 aliphatic heterocycles. The number of H-pyrrole nitrogens is 1. The van der Waals surface area contributed by atoms with Crippen LogP contribution in [0.5, 0.6) is 0 Å². The molecule has 0 unspecified atom stereocenters. The van der Waals surface area contributed by atoms with E-state index in [-0.39, 0.29) is 0 Å². The van der Waals surface area contributed by atoms with Crippen molar-refractivity contribution in [3.63, 3.8) is 0 Å². The number of nitrogens with one attached hydrogen (secondary N) is 1. The molecule has 0 saturated carbocycles. The van der Waals surface area contributed by atoms with Crippen molar-refractivity contribution in [3.05, 3.63) is 36.2 Å². The van der Waals surface area contributed by atoms with Crippen LogP contribution >= 0.6 is 0 Å². The number of carboxylic acid groups (broad SMARTS) is 1. The highest BCUT2D eigenvalue weighted by molar-refractivity contribution is 5.87. The van der Waals surface area contributed by atoms with Gasteiger partial charge in [-0.15, -0.1) is 6.58 Å². The number of aromatic carboxylic acids is 1. The van der Waals surface area contributed by atoms with Crippen molar-refractivity contribution >= 4 is 5.97 Å². The average Bonchev–Trinajstić information content (AvgIpc) is 2.63. The van der Waals surface area contributed by atoms with Gasteiger partial charge in [0, 0.05) is 17.8 Å². The summed E-state index contributed by atoms with van der Waals surface area (Å²) in [6.07, 6.45) is 5.24. The highest BCUT2D eigenvalue weighted by Gasteiger charge is 2.12. The molecule has 0 fully saturated rings. The fourth-order valence-electron chi connectivity index (χ4n) is 1.49. The summed E-state index contributed by atoms with van der Waals surface area (Å²) in [5.74, 6) is -0.540. The molecule has 2 N–H and O–H groups in total. The maximum absolute atomic E-state index is 10.6. The number of carboxylic acids is 1.